The number of hydrogen-bond donors (Lipinski definition) is 0. The number of hydrogen-bond acceptors (Lipinski definition) is 2. The molecule has 2 saturated heterocycles. The van der Waals surface area contributed by atoms with Crippen molar-refractivity contribution in [3.8, 4) is 0 Å². The van der Waals surface area contributed by atoms with Crippen molar-refractivity contribution >= 4 is 11.7 Å². The molecule has 0 radical (unpaired) electrons. The zero-order chi connectivity index (χ0) is 14.5. The van der Waals surface area contributed by atoms with Crippen molar-refractivity contribution < 1.29 is 9.59 Å². The molecule has 2 heterocycles. The van der Waals surface area contributed by atoms with Crippen LogP contribution in [0.4, 0.5) is 0 Å². The fraction of sp³-hybridized carbons (Fsp3) is 0.765. The lowest BCUT2D eigenvalue weighted by Crippen LogP contribution is -2.53. The van der Waals surface area contributed by atoms with E-state index in [2.05, 4.69) is 13.5 Å². The smallest absolute Gasteiger partial charge is 0.226 e. The zero-order valence-corrected chi connectivity index (χ0v) is 12.6. The Morgan fingerprint density at radius 1 is 1.35 bits per heavy atom. The summed E-state index contributed by atoms with van der Waals surface area (Å²) in [4.78, 5) is 27.3. The van der Waals surface area contributed by atoms with E-state index in [1.165, 1.54) is 0 Å². The Morgan fingerprint density at radius 2 is 2.10 bits per heavy atom. The highest BCUT2D eigenvalue weighted by molar-refractivity contribution is 5.89. The molecule has 3 rings (SSSR count). The lowest BCUT2D eigenvalue weighted by molar-refractivity contribution is -0.144. The highest BCUT2D eigenvalue weighted by atomic mass is 16.2. The second-order valence-electron chi connectivity index (χ2n) is 7.08. The van der Waals surface area contributed by atoms with Crippen LogP contribution in [0.2, 0.25) is 0 Å². The molecule has 1 aliphatic carbocycles. The molecule has 0 unspecified atom stereocenters. The van der Waals surface area contributed by atoms with Crippen molar-refractivity contribution in [2.45, 2.75) is 52.0 Å². The van der Waals surface area contributed by atoms with Crippen LogP contribution in [0.5, 0.6) is 0 Å². The predicted molar refractivity (Wildman–Crippen MR) is 78.0 cm³/mol. The summed E-state index contributed by atoms with van der Waals surface area (Å²) < 4.78 is 0. The third kappa shape index (κ3) is 1.71. The quantitative estimate of drug-likeness (QED) is 0.690. The van der Waals surface area contributed by atoms with Crippen LogP contribution < -0.4 is 0 Å². The molecule has 20 heavy (non-hydrogen) atoms. The van der Waals surface area contributed by atoms with Gasteiger partial charge in [0.25, 0.3) is 0 Å². The number of rotatable bonds is 1. The first-order chi connectivity index (χ1) is 9.50. The summed E-state index contributed by atoms with van der Waals surface area (Å²) in [6.45, 7) is 8.81. The molecular weight excluding hydrogens is 250 g/mol. The molecular formula is C17H25NO2. The Hall–Kier alpha value is -1.12. The molecule has 3 heteroatoms. The number of carbonyl (C=O) groups is 2. The van der Waals surface area contributed by atoms with Crippen LogP contribution in [0.3, 0.4) is 0 Å². The first-order valence-electron chi connectivity index (χ1n) is 7.96. The third-order valence-corrected chi connectivity index (χ3v) is 6.25. The maximum absolute atomic E-state index is 12.7. The Morgan fingerprint density at radius 3 is 2.80 bits per heavy atom. The van der Waals surface area contributed by atoms with Gasteiger partial charge in [0.1, 0.15) is 5.78 Å². The normalized spacial score (nSPS) is 44.8. The van der Waals surface area contributed by atoms with Crippen LogP contribution in [0.25, 0.3) is 0 Å². The van der Waals surface area contributed by atoms with Gasteiger partial charge in [-0.1, -0.05) is 26.3 Å². The van der Waals surface area contributed by atoms with Crippen LogP contribution in [-0.2, 0) is 9.59 Å². The summed E-state index contributed by atoms with van der Waals surface area (Å²) in [7, 11) is 0. The van der Waals surface area contributed by atoms with Gasteiger partial charge in [-0.05, 0) is 31.1 Å². The molecule has 3 nitrogen and oxygen atoms in total. The number of ketones is 1. The molecule has 0 aromatic rings. The third-order valence-electron chi connectivity index (χ3n) is 6.25. The van der Waals surface area contributed by atoms with E-state index in [0.717, 1.165) is 32.2 Å². The van der Waals surface area contributed by atoms with E-state index < -0.39 is 0 Å². The molecule has 3 fully saturated rings. The van der Waals surface area contributed by atoms with Gasteiger partial charge in [-0.25, -0.2) is 0 Å². The largest absolute Gasteiger partial charge is 0.338 e. The number of fused-ring (bicyclic) bond motifs is 3. The zero-order valence-electron chi connectivity index (χ0n) is 12.6. The van der Waals surface area contributed by atoms with Crippen molar-refractivity contribution in [1.82, 2.24) is 4.90 Å². The maximum atomic E-state index is 12.7. The molecule has 0 N–H and O–H groups in total. The van der Waals surface area contributed by atoms with Crippen molar-refractivity contribution in [1.29, 1.82) is 0 Å². The monoisotopic (exact) mass is 275 g/mol. The second-order valence-corrected chi connectivity index (χ2v) is 7.08. The average molecular weight is 275 g/mol. The van der Waals surface area contributed by atoms with Gasteiger partial charge in [0, 0.05) is 24.9 Å². The average Bonchev–Trinajstić information content (AvgIpc) is 2.64. The minimum absolute atomic E-state index is 0.0183. The Kier molecular flexibility index (Phi) is 3.26. The Labute approximate surface area is 121 Å². The van der Waals surface area contributed by atoms with Gasteiger partial charge in [-0.2, -0.15) is 0 Å². The van der Waals surface area contributed by atoms with E-state index in [1.807, 2.05) is 17.9 Å². The van der Waals surface area contributed by atoms with Gasteiger partial charge in [0.2, 0.25) is 5.91 Å². The van der Waals surface area contributed by atoms with E-state index >= 15 is 0 Å². The van der Waals surface area contributed by atoms with Gasteiger partial charge < -0.3 is 4.90 Å². The molecule has 1 saturated carbocycles. The maximum Gasteiger partial charge on any atom is 0.226 e. The van der Waals surface area contributed by atoms with Crippen LogP contribution in [0.1, 0.15) is 46.0 Å². The minimum atomic E-state index is -0.312. The second kappa shape index (κ2) is 4.71. The van der Waals surface area contributed by atoms with Crippen molar-refractivity contribution in [3.63, 3.8) is 0 Å². The highest BCUT2D eigenvalue weighted by Crippen LogP contribution is 2.52. The molecule has 1 amide bonds. The lowest BCUT2D eigenvalue weighted by atomic mass is 9.67. The van der Waals surface area contributed by atoms with Gasteiger partial charge in [-0.3, -0.25) is 9.59 Å². The van der Waals surface area contributed by atoms with Crippen LogP contribution in [0, 0.1) is 23.2 Å². The van der Waals surface area contributed by atoms with E-state index in [1.54, 1.807) is 0 Å². The topological polar surface area (TPSA) is 37.4 Å². The summed E-state index contributed by atoms with van der Waals surface area (Å²) in [5.41, 5.74) is -0.312. The van der Waals surface area contributed by atoms with E-state index in [-0.39, 0.29) is 29.2 Å². The molecule has 0 spiro atoms. The molecule has 0 aromatic heterocycles. The fourth-order valence-corrected chi connectivity index (χ4v) is 4.72. The summed E-state index contributed by atoms with van der Waals surface area (Å²) in [6.07, 6.45) is 6.76. The number of piperidine rings is 1. The summed E-state index contributed by atoms with van der Waals surface area (Å²) in [5, 5.41) is 0. The molecule has 0 aromatic carbocycles. The Bertz CT molecular complexity index is 458. The lowest BCUT2D eigenvalue weighted by Gasteiger charge is -2.43. The molecule has 5 atom stereocenters. The number of nitrogens with zero attached hydrogens (tertiary/aromatic N) is 1. The first kappa shape index (κ1) is 13.8. The molecule has 2 aliphatic heterocycles. The molecule has 3 aliphatic rings. The molecule has 0 bridgehead atoms. The van der Waals surface area contributed by atoms with Gasteiger partial charge in [0.15, 0.2) is 0 Å². The Balaban J connectivity index is 1.98. The number of Topliss-reactive ketones (excluding diaryl/α,β-unsaturated/α-hetero) is 1. The number of allylic oxidation sites excluding steroid dienone is 1. The van der Waals surface area contributed by atoms with Crippen molar-refractivity contribution in [2.24, 2.45) is 23.2 Å². The summed E-state index contributed by atoms with van der Waals surface area (Å²) in [5.74, 6) is 1.22. The first-order valence-corrected chi connectivity index (χ1v) is 7.96. The van der Waals surface area contributed by atoms with Crippen LogP contribution in [0.15, 0.2) is 12.7 Å². The highest BCUT2D eigenvalue weighted by Gasteiger charge is 2.59. The number of amides is 1. The van der Waals surface area contributed by atoms with Gasteiger partial charge in [0.05, 0.1) is 5.41 Å². The SMILES string of the molecule is C=C[C@@H]1C[C@H]2N(C[C@H]3CCCCC(=O)[C@]32C)C(=O)[C@H]1C. The van der Waals surface area contributed by atoms with Gasteiger partial charge >= 0.3 is 0 Å². The number of carbonyl (C=O) groups excluding carboxylic acids is 2. The van der Waals surface area contributed by atoms with Crippen molar-refractivity contribution in [2.75, 3.05) is 6.54 Å². The minimum Gasteiger partial charge on any atom is -0.338 e. The van der Waals surface area contributed by atoms with Crippen LogP contribution in [-0.4, -0.2) is 29.2 Å². The van der Waals surface area contributed by atoms with Gasteiger partial charge in [-0.15, -0.1) is 6.58 Å². The summed E-state index contributed by atoms with van der Waals surface area (Å²) in [6, 6.07) is 0.102. The van der Waals surface area contributed by atoms with Crippen LogP contribution >= 0.6 is 0 Å². The van der Waals surface area contributed by atoms with E-state index in [9.17, 15) is 9.59 Å². The van der Waals surface area contributed by atoms with E-state index in [0.29, 0.717) is 18.1 Å². The van der Waals surface area contributed by atoms with Crippen molar-refractivity contribution in [3.05, 3.63) is 12.7 Å². The van der Waals surface area contributed by atoms with E-state index in [4.69, 9.17) is 0 Å². The summed E-state index contributed by atoms with van der Waals surface area (Å²) >= 11 is 0. The fourth-order valence-electron chi connectivity index (χ4n) is 4.72. The molecule has 110 valence electrons. The predicted octanol–water partition coefficient (Wildman–Crippen LogP) is 2.80. The standard InChI is InChI=1S/C17H25NO2/c1-4-12-9-14-17(3)13(7-5-6-8-15(17)19)10-18(14)16(20)11(12)2/h4,11-14H,1,5-10H2,2-3H3/t11-,12+,13+,14+,17+/m0/s1.